The lowest BCUT2D eigenvalue weighted by Gasteiger charge is -2.04. The summed E-state index contributed by atoms with van der Waals surface area (Å²) in [5.74, 6) is 0.812. The average molecular weight is 439 g/mol. The maximum atomic E-state index is 12.0. The minimum atomic E-state index is -0.0257. The second-order valence-corrected chi connectivity index (χ2v) is 8.81. The van der Waals surface area contributed by atoms with Gasteiger partial charge in [-0.1, -0.05) is 54.2 Å². The van der Waals surface area contributed by atoms with Gasteiger partial charge in [-0.2, -0.15) is 0 Å². The van der Waals surface area contributed by atoms with Crippen molar-refractivity contribution in [1.29, 1.82) is 0 Å². The van der Waals surface area contributed by atoms with Gasteiger partial charge in [0, 0.05) is 19.4 Å². The molecule has 0 atom stereocenters. The zero-order valence-electron chi connectivity index (χ0n) is 16.4. The number of aryl methyl sites for hydroxylation is 3. The number of hydrogen-bond acceptors (Lipinski definition) is 7. The number of para-hydroxylation sites is 1. The largest absolute Gasteiger partial charge is 0.416 e. The molecule has 8 heteroatoms. The van der Waals surface area contributed by atoms with Gasteiger partial charge in [0.05, 0.1) is 21.0 Å². The van der Waals surface area contributed by atoms with Crippen molar-refractivity contribution in [3.8, 4) is 0 Å². The molecule has 0 spiro atoms. The van der Waals surface area contributed by atoms with Crippen molar-refractivity contribution in [3.63, 3.8) is 0 Å². The van der Waals surface area contributed by atoms with Crippen LogP contribution in [0.2, 0.25) is 0 Å². The van der Waals surface area contributed by atoms with Crippen LogP contribution in [-0.2, 0) is 24.1 Å². The fraction of sp³-hybridized carbons (Fsp3) is 0.273. The number of hydrogen-bond donors (Lipinski definition) is 1. The number of thiazole rings is 1. The highest BCUT2D eigenvalue weighted by atomic mass is 32.2. The van der Waals surface area contributed by atoms with Crippen LogP contribution in [0.15, 0.2) is 64.2 Å². The van der Waals surface area contributed by atoms with Crippen molar-refractivity contribution < 1.29 is 9.21 Å². The van der Waals surface area contributed by atoms with Gasteiger partial charge in [0.15, 0.2) is 0 Å². The molecule has 0 bridgehead atoms. The summed E-state index contributed by atoms with van der Waals surface area (Å²) in [6, 6.07) is 18.4. The standard InChI is InChI=1S/C22H22N4O2S2/c27-19(23-14-6-9-16-7-2-1-3-8-16)15-29-22-26-25-20(28-22)12-13-21-24-17-10-4-5-11-18(17)30-21/h1-5,7-8,10-11H,6,9,12-15H2,(H,23,27). The van der Waals surface area contributed by atoms with E-state index in [0.717, 1.165) is 29.8 Å². The average Bonchev–Trinajstić information content (AvgIpc) is 3.41. The number of carbonyl (C=O) groups excluding carboxylic acids is 1. The second-order valence-electron chi connectivity index (χ2n) is 6.76. The van der Waals surface area contributed by atoms with E-state index in [-0.39, 0.29) is 11.7 Å². The van der Waals surface area contributed by atoms with Gasteiger partial charge in [0.2, 0.25) is 11.8 Å². The van der Waals surface area contributed by atoms with E-state index in [9.17, 15) is 4.79 Å². The Hall–Kier alpha value is -2.71. The number of amides is 1. The molecular formula is C22H22N4O2S2. The molecule has 1 N–H and O–H groups in total. The molecule has 30 heavy (non-hydrogen) atoms. The second kappa shape index (κ2) is 10.4. The molecule has 0 radical (unpaired) electrons. The summed E-state index contributed by atoms with van der Waals surface area (Å²) in [4.78, 5) is 16.6. The number of aromatic nitrogens is 3. The Bertz CT molecular complexity index is 1060. The molecule has 0 unspecified atom stereocenters. The number of nitrogens with one attached hydrogen (secondary N) is 1. The predicted molar refractivity (Wildman–Crippen MR) is 120 cm³/mol. The molecule has 1 amide bonds. The Labute approximate surface area is 183 Å². The highest BCUT2D eigenvalue weighted by Crippen LogP contribution is 2.23. The molecule has 0 fully saturated rings. The molecule has 2 aromatic carbocycles. The van der Waals surface area contributed by atoms with Crippen LogP contribution in [0.25, 0.3) is 10.2 Å². The quantitative estimate of drug-likeness (QED) is 0.294. The van der Waals surface area contributed by atoms with Crippen molar-refractivity contribution in [3.05, 3.63) is 71.1 Å². The van der Waals surface area contributed by atoms with Crippen LogP contribution in [0.4, 0.5) is 0 Å². The zero-order valence-corrected chi connectivity index (χ0v) is 18.0. The van der Waals surface area contributed by atoms with Gasteiger partial charge in [-0.05, 0) is 30.5 Å². The Kier molecular flexibility index (Phi) is 7.10. The maximum absolute atomic E-state index is 12.0. The highest BCUT2D eigenvalue weighted by Gasteiger charge is 2.11. The van der Waals surface area contributed by atoms with Gasteiger partial charge >= 0.3 is 0 Å². The first-order valence-corrected chi connectivity index (χ1v) is 11.7. The Morgan fingerprint density at radius 1 is 1.00 bits per heavy atom. The van der Waals surface area contributed by atoms with E-state index in [1.165, 1.54) is 22.0 Å². The van der Waals surface area contributed by atoms with E-state index in [1.807, 2.05) is 36.4 Å². The molecule has 0 saturated heterocycles. The third-order valence-electron chi connectivity index (χ3n) is 4.47. The molecular weight excluding hydrogens is 416 g/mol. The van der Waals surface area contributed by atoms with Crippen LogP contribution >= 0.6 is 23.1 Å². The first-order chi connectivity index (χ1) is 14.8. The zero-order chi connectivity index (χ0) is 20.6. The lowest BCUT2D eigenvalue weighted by atomic mass is 10.1. The van der Waals surface area contributed by atoms with Crippen LogP contribution in [0, 0.1) is 0 Å². The van der Waals surface area contributed by atoms with Crippen molar-refractivity contribution in [2.45, 2.75) is 30.9 Å². The third-order valence-corrected chi connectivity index (χ3v) is 6.39. The van der Waals surface area contributed by atoms with E-state index < -0.39 is 0 Å². The van der Waals surface area contributed by atoms with Crippen molar-refractivity contribution in [2.75, 3.05) is 12.3 Å². The molecule has 2 aromatic heterocycles. The third kappa shape index (κ3) is 5.90. The van der Waals surface area contributed by atoms with E-state index in [1.54, 1.807) is 11.3 Å². The Morgan fingerprint density at radius 3 is 2.70 bits per heavy atom. The number of rotatable bonds is 10. The van der Waals surface area contributed by atoms with Crippen LogP contribution < -0.4 is 5.32 Å². The van der Waals surface area contributed by atoms with Crippen molar-refractivity contribution in [2.24, 2.45) is 0 Å². The SMILES string of the molecule is O=C(CSc1nnc(CCc2nc3ccccc3s2)o1)NCCCc1ccccc1. The van der Waals surface area contributed by atoms with E-state index in [4.69, 9.17) is 4.42 Å². The van der Waals surface area contributed by atoms with Crippen molar-refractivity contribution in [1.82, 2.24) is 20.5 Å². The summed E-state index contributed by atoms with van der Waals surface area (Å²) >= 11 is 2.95. The summed E-state index contributed by atoms with van der Waals surface area (Å²) in [5.41, 5.74) is 2.31. The first-order valence-electron chi connectivity index (χ1n) is 9.86. The molecule has 4 aromatic rings. The molecule has 0 aliphatic carbocycles. The molecule has 4 rings (SSSR count). The van der Waals surface area contributed by atoms with Crippen LogP contribution in [0.3, 0.4) is 0 Å². The van der Waals surface area contributed by atoms with Gasteiger partial charge in [-0.15, -0.1) is 21.5 Å². The summed E-state index contributed by atoms with van der Waals surface area (Å²) < 4.78 is 6.84. The molecule has 6 nitrogen and oxygen atoms in total. The maximum Gasteiger partial charge on any atom is 0.277 e. The number of benzene rings is 2. The Balaban J connectivity index is 1.15. The minimum Gasteiger partial charge on any atom is -0.416 e. The number of thioether (sulfide) groups is 1. The number of carbonyl (C=O) groups is 1. The summed E-state index contributed by atoms with van der Waals surface area (Å²) in [6.45, 7) is 0.658. The summed E-state index contributed by atoms with van der Waals surface area (Å²) in [5, 5.41) is 12.5. The van der Waals surface area contributed by atoms with Gasteiger partial charge in [0.1, 0.15) is 0 Å². The molecule has 0 aliphatic heterocycles. The molecule has 0 aliphatic rings. The first kappa shape index (κ1) is 20.6. The number of nitrogens with zero attached hydrogens (tertiary/aromatic N) is 3. The molecule has 0 saturated carbocycles. The smallest absolute Gasteiger partial charge is 0.277 e. The van der Waals surface area contributed by atoms with Gasteiger partial charge in [0.25, 0.3) is 5.22 Å². The Morgan fingerprint density at radius 2 is 1.83 bits per heavy atom. The lowest BCUT2D eigenvalue weighted by molar-refractivity contribution is -0.118. The summed E-state index contributed by atoms with van der Waals surface area (Å²) in [7, 11) is 0. The van der Waals surface area contributed by atoms with E-state index in [0.29, 0.717) is 24.1 Å². The predicted octanol–water partition coefficient (Wildman–Crippen LogP) is 4.31. The molecule has 154 valence electrons. The van der Waals surface area contributed by atoms with Crippen LogP contribution in [0.1, 0.15) is 22.9 Å². The minimum absolute atomic E-state index is 0.0257. The normalized spacial score (nSPS) is 11.1. The summed E-state index contributed by atoms with van der Waals surface area (Å²) in [6.07, 6.45) is 3.26. The monoisotopic (exact) mass is 438 g/mol. The fourth-order valence-electron chi connectivity index (χ4n) is 2.98. The van der Waals surface area contributed by atoms with E-state index in [2.05, 4.69) is 38.7 Å². The van der Waals surface area contributed by atoms with Gasteiger partial charge in [-0.3, -0.25) is 4.79 Å². The van der Waals surface area contributed by atoms with Crippen LogP contribution in [-0.4, -0.2) is 33.4 Å². The fourth-order valence-corrected chi connectivity index (χ4v) is 4.56. The van der Waals surface area contributed by atoms with Crippen molar-refractivity contribution >= 4 is 39.2 Å². The topological polar surface area (TPSA) is 80.9 Å². The van der Waals surface area contributed by atoms with E-state index >= 15 is 0 Å². The van der Waals surface area contributed by atoms with Gasteiger partial charge in [-0.25, -0.2) is 4.98 Å². The highest BCUT2D eigenvalue weighted by molar-refractivity contribution is 7.99. The van der Waals surface area contributed by atoms with Crippen LogP contribution in [0.5, 0.6) is 0 Å². The molecule has 2 heterocycles. The van der Waals surface area contributed by atoms with Gasteiger partial charge < -0.3 is 9.73 Å². The lowest BCUT2D eigenvalue weighted by Crippen LogP contribution is -2.26. The number of fused-ring (bicyclic) bond motifs is 1.